The van der Waals surface area contributed by atoms with Crippen molar-refractivity contribution in [3.05, 3.63) is 29.6 Å². The molecule has 1 fully saturated rings. The molecular weight excluding hydrogens is 182 g/mol. The van der Waals surface area contributed by atoms with Crippen molar-refractivity contribution in [1.29, 1.82) is 0 Å². The first-order chi connectivity index (χ1) is 7.42. The molecule has 0 radical (unpaired) electrons. The van der Waals surface area contributed by atoms with E-state index >= 15 is 0 Å². The van der Waals surface area contributed by atoms with Crippen molar-refractivity contribution < 1.29 is 0 Å². The van der Waals surface area contributed by atoms with Gasteiger partial charge in [-0.05, 0) is 37.3 Å². The topological polar surface area (TPSA) is 12.9 Å². The predicted molar refractivity (Wildman–Crippen MR) is 64.1 cm³/mol. The molecule has 82 valence electrons. The van der Waals surface area contributed by atoms with Crippen molar-refractivity contribution in [2.24, 2.45) is 0 Å². The maximum atomic E-state index is 4.58. The second kappa shape index (κ2) is 5.29. The first-order valence-corrected chi connectivity index (χ1v) is 6.35. The van der Waals surface area contributed by atoms with E-state index in [4.69, 9.17) is 0 Å². The molecule has 0 unspecified atom stereocenters. The van der Waals surface area contributed by atoms with Crippen molar-refractivity contribution in [3.63, 3.8) is 0 Å². The highest BCUT2D eigenvalue weighted by atomic mass is 14.7. The number of hydrogen-bond donors (Lipinski definition) is 0. The number of rotatable bonds is 5. The summed E-state index contributed by atoms with van der Waals surface area (Å²) in [6, 6.07) is 4.36. The second-order valence-corrected chi connectivity index (χ2v) is 4.63. The van der Waals surface area contributed by atoms with E-state index in [2.05, 4.69) is 24.0 Å². The number of aryl methyl sites for hydroxylation is 1. The summed E-state index contributed by atoms with van der Waals surface area (Å²) in [5.74, 6) is 0.780. The Kier molecular flexibility index (Phi) is 3.76. The maximum Gasteiger partial charge on any atom is 0.0466 e. The number of unbranched alkanes of at least 4 members (excludes halogenated alkanes) is 2. The van der Waals surface area contributed by atoms with Crippen LogP contribution in [-0.4, -0.2) is 4.98 Å². The Morgan fingerprint density at radius 3 is 2.87 bits per heavy atom. The minimum absolute atomic E-state index is 0.780. The van der Waals surface area contributed by atoms with E-state index in [-0.39, 0.29) is 0 Å². The van der Waals surface area contributed by atoms with Crippen LogP contribution >= 0.6 is 0 Å². The zero-order valence-corrected chi connectivity index (χ0v) is 9.71. The lowest BCUT2D eigenvalue weighted by Crippen LogP contribution is -2.13. The van der Waals surface area contributed by atoms with Gasteiger partial charge in [-0.15, -0.1) is 0 Å². The molecule has 1 saturated carbocycles. The van der Waals surface area contributed by atoms with Gasteiger partial charge in [0.25, 0.3) is 0 Å². The number of aromatic nitrogens is 1. The van der Waals surface area contributed by atoms with E-state index in [1.54, 1.807) is 0 Å². The van der Waals surface area contributed by atoms with Gasteiger partial charge in [0, 0.05) is 17.8 Å². The minimum Gasteiger partial charge on any atom is -0.261 e. The van der Waals surface area contributed by atoms with Crippen LogP contribution in [0.15, 0.2) is 18.3 Å². The average molecular weight is 203 g/mol. The van der Waals surface area contributed by atoms with Crippen LogP contribution in [0.3, 0.4) is 0 Å². The SMILES string of the molecule is CCCCCc1cccnc1C1CCC1. The Hall–Kier alpha value is -0.850. The normalized spacial score (nSPS) is 16.3. The van der Waals surface area contributed by atoms with E-state index in [1.807, 2.05) is 6.20 Å². The van der Waals surface area contributed by atoms with Crippen molar-refractivity contribution >= 4 is 0 Å². The third kappa shape index (κ3) is 2.58. The fourth-order valence-corrected chi connectivity index (χ4v) is 2.28. The number of hydrogen-bond acceptors (Lipinski definition) is 1. The van der Waals surface area contributed by atoms with Crippen LogP contribution in [0.25, 0.3) is 0 Å². The Labute approximate surface area is 92.9 Å². The molecule has 0 amide bonds. The van der Waals surface area contributed by atoms with Gasteiger partial charge in [-0.2, -0.15) is 0 Å². The summed E-state index contributed by atoms with van der Waals surface area (Å²) in [6.45, 7) is 2.26. The third-order valence-electron chi connectivity index (χ3n) is 3.47. The molecule has 0 saturated heterocycles. The van der Waals surface area contributed by atoms with Gasteiger partial charge in [0.05, 0.1) is 0 Å². The molecule has 0 spiro atoms. The number of pyridine rings is 1. The van der Waals surface area contributed by atoms with Gasteiger partial charge < -0.3 is 0 Å². The van der Waals surface area contributed by atoms with Gasteiger partial charge in [0.1, 0.15) is 0 Å². The van der Waals surface area contributed by atoms with Gasteiger partial charge in [0.15, 0.2) is 0 Å². The summed E-state index contributed by atoms with van der Waals surface area (Å²) in [5.41, 5.74) is 2.91. The van der Waals surface area contributed by atoms with E-state index in [0.29, 0.717) is 0 Å². The van der Waals surface area contributed by atoms with Crippen LogP contribution in [0.5, 0.6) is 0 Å². The first-order valence-electron chi connectivity index (χ1n) is 6.35. The molecule has 1 heteroatoms. The molecule has 0 aromatic carbocycles. The Balaban J connectivity index is 2.01. The van der Waals surface area contributed by atoms with Gasteiger partial charge in [-0.1, -0.05) is 32.3 Å². The second-order valence-electron chi connectivity index (χ2n) is 4.63. The highest BCUT2D eigenvalue weighted by Crippen LogP contribution is 2.36. The fourth-order valence-electron chi connectivity index (χ4n) is 2.28. The Morgan fingerprint density at radius 2 is 2.20 bits per heavy atom. The van der Waals surface area contributed by atoms with Gasteiger partial charge in [0.2, 0.25) is 0 Å². The van der Waals surface area contributed by atoms with Crippen molar-refractivity contribution in [3.8, 4) is 0 Å². The molecule has 1 aromatic rings. The summed E-state index contributed by atoms with van der Waals surface area (Å²) in [7, 11) is 0. The largest absolute Gasteiger partial charge is 0.261 e. The molecule has 0 bridgehead atoms. The van der Waals surface area contributed by atoms with Crippen LogP contribution in [0.4, 0.5) is 0 Å². The molecule has 15 heavy (non-hydrogen) atoms. The van der Waals surface area contributed by atoms with Crippen molar-refractivity contribution in [2.75, 3.05) is 0 Å². The smallest absolute Gasteiger partial charge is 0.0466 e. The van der Waals surface area contributed by atoms with E-state index in [1.165, 1.54) is 56.2 Å². The number of nitrogens with zero attached hydrogens (tertiary/aromatic N) is 1. The third-order valence-corrected chi connectivity index (χ3v) is 3.47. The monoisotopic (exact) mass is 203 g/mol. The van der Waals surface area contributed by atoms with Gasteiger partial charge >= 0.3 is 0 Å². The van der Waals surface area contributed by atoms with Crippen molar-refractivity contribution in [1.82, 2.24) is 4.98 Å². The predicted octanol–water partition coefficient (Wildman–Crippen LogP) is 4.08. The summed E-state index contributed by atoms with van der Waals surface area (Å²) < 4.78 is 0. The highest BCUT2D eigenvalue weighted by Gasteiger charge is 2.22. The molecule has 1 aliphatic rings. The Morgan fingerprint density at radius 1 is 1.33 bits per heavy atom. The lowest BCUT2D eigenvalue weighted by Gasteiger charge is -2.26. The Bertz CT molecular complexity index is 302. The molecule has 0 atom stereocenters. The van der Waals surface area contributed by atoms with Gasteiger partial charge in [-0.25, -0.2) is 0 Å². The molecule has 0 N–H and O–H groups in total. The van der Waals surface area contributed by atoms with Crippen LogP contribution in [0, 0.1) is 0 Å². The maximum absolute atomic E-state index is 4.58. The standard InChI is InChI=1S/C14H21N/c1-2-3-4-7-12-10-6-11-15-14(12)13-8-5-9-13/h6,10-11,13H,2-5,7-9H2,1H3. The van der Waals surface area contributed by atoms with Crippen molar-refractivity contribution in [2.45, 2.75) is 57.8 Å². The van der Waals surface area contributed by atoms with E-state index in [9.17, 15) is 0 Å². The lowest BCUT2D eigenvalue weighted by molar-refractivity contribution is 0.408. The molecule has 0 aliphatic heterocycles. The highest BCUT2D eigenvalue weighted by molar-refractivity contribution is 5.24. The lowest BCUT2D eigenvalue weighted by atomic mass is 9.80. The van der Waals surface area contributed by atoms with Crippen LogP contribution in [-0.2, 0) is 6.42 Å². The van der Waals surface area contributed by atoms with Gasteiger partial charge in [-0.3, -0.25) is 4.98 Å². The van der Waals surface area contributed by atoms with E-state index < -0.39 is 0 Å². The average Bonchev–Trinajstić information content (AvgIpc) is 2.18. The minimum atomic E-state index is 0.780. The molecule has 2 rings (SSSR count). The quantitative estimate of drug-likeness (QED) is 0.657. The van der Waals surface area contributed by atoms with E-state index in [0.717, 1.165) is 5.92 Å². The fraction of sp³-hybridized carbons (Fsp3) is 0.643. The summed E-state index contributed by atoms with van der Waals surface area (Å²) in [6.07, 6.45) is 11.3. The molecule has 1 heterocycles. The molecule has 1 aromatic heterocycles. The van der Waals surface area contributed by atoms with Crippen LogP contribution < -0.4 is 0 Å². The van der Waals surface area contributed by atoms with Crippen LogP contribution in [0.1, 0.15) is 62.6 Å². The van der Waals surface area contributed by atoms with Crippen LogP contribution in [0.2, 0.25) is 0 Å². The molecule has 1 aliphatic carbocycles. The summed E-state index contributed by atoms with van der Waals surface area (Å²) in [4.78, 5) is 4.58. The zero-order valence-electron chi connectivity index (χ0n) is 9.71. The summed E-state index contributed by atoms with van der Waals surface area (Å²) >= 11 is 0. The zero-order chi connectivity index (χ0) is 10.5. The first kappa shape index (κ1) is 10.7. The molecule has 1 nitrogen and oxygen atoms in total. The summed E-state index contributed by atoms with van der Waals surface area (Å²) in [5, 5.41) is 0. The molecular formula is C14H21N.